The highest BCUT2D eigenvalue weighted by Gasteiger charge is 2.11. The number of hydrogen-bond donors (Lipinski definition) is 0. The van der Waals surface area contributed by atoms with Crippen LogP contribution in [-0.4, -0.2) is 7.11 Å². The maximum atomic E-state index is 5.22. The molecule has 1 aromatic carbocycles. The van der Waals surface area contributed by atoms with Crippen LogP contribution in [0.1, 0.15) is 0 Å². The molecule has 0 N–H and O–H groups in total. The van der Waals surface area contributed by atoms with Gasteiger partial charge in [-0.15, -0.1) is 4.52 Å². The molecule has 0 spiro atoms. The average Bonchev–Trinajstić information content (AvgIpc) is 2.06. The molecule has 1 atom stereocenters. The second-order valence-corrected chi connectivity index (χ2v) is 3.70. The Morgan fingerprint density at radius 1 is 1.27 bits per heavy atom. The molecule has 2 nitrogen and oxygen atoms in total. The van der Waals surface area contributed by atoms with Crippen molar-refractivity contribution >= 4 is 19.0 Å². The molecule has 0 fully saturated rings. The first-order valence-electron chi connectivity index (χ1n) is 3.07. The first kappa shape index (κ1) is 8.60. The average molecular weight is 187 g/mol. The highest BCUT2D eigenvalue weighted by molar-refractivity contribution is 8.00. The van der Waals surface area contributed by atoms with Gasteiger partial charge in [0.15, 0.2) is 5.75 Å². The molecule has 0 aliphatic heterocycles. The van der Waals surface area contributed by atoms with Crippen molar-refractivity contribution in [2.24, 2.45) is 0 Å². The second kappa shape index (κ2) is 4.39. The number of benzene rings is 1. The lowest BCUT2D eigenvalue weighted by atomic mass is 10.3. The maximum Gasteiger partial charge on any atom is 0.573 e. The Morgan fingerprint density at radius 2 is 1.91 bits per heavy atom. The van der Waals surface area contributed by atoms with E-state index in [-0.39, 0.29) is 0 Å². The molecule has 1 rings (SSSR count). The smallest absolute Gasteiger partial charge is 0.250 e. The van der Waals surface area contributed by atoms with E-state index < -0.39 is 7.15 Å². The molecule has 0 radical (unpaired) electrons. The minimum atomic E-state index is -1.17. The van der Waals surface area contributed by atoms with Gasteiger partial charge in [-0.1, -0.05) is 18.2 Å². The van der Waals surface area contributed by atoms with Crippen molar-refractivity contribution in [1.29, 1.82) is 0 Å². The van der Waals surface area contributed by atoms with Gasteiger partial charge in [0.2, 0.25) is 11.8 Å². The molecule has 4 heteroatoms. The van der Waals surface area contributed by atoms with E-state index in [1.165, 1.54) is 0 Å². The molecule has 58 valence electrons. The summed E-state index contributed by atoms with van der Waals surface area (Å²) in [6.45, 7) is 0. The number of hydrogen-bond acceptors (Lipinski definition) is 3. The van der Waals surface area contributed by atoms with E-state index in [0.29, 0.717) is 0 Å². The van der Waals surface area contributed by atoms with Crippen LogP contribution in [0.25, 0.3) is 0 Å². The molecular formula is C7H8O2PS+. The standard InChI is InChI=1S/C7H8O2PS/c1-8-10(11)9-7-5-3-2-4-6-7/h2-6H,1H3/q+1. The lowest BCUT2D eigenvalue weighted by molar-refractivity contribution is 0.414. The zero-order valence-electron chi connectivity index (χ0n) is 6.06. The van der Waals surface area contributed by atoms with E-state index in [4.69, 9.17) is 20.9 Å². The fraction of sp³-hybridized carbons (Fsp3) is 0.143. The van der Waals surface area contributed by atoms with Crippen molar-refractivity contribution in [3.05, 3.63) is 30.3 Å². The van der Waals surface area contributed by atoms with Crippen LogP contribution in [0.4, 0.5) is 0 Å². The van der Waals surface area contributed by atoms with Gasteiger partial charge in [-0.3, -0.25) is 4.52 Å². The highest BCUT2D eigenvalue weighted by Crippen LogP contribution is 2.26. The zero-order valence-corrected chi connectivity index (χ0v) is 7.77. The van der Waals surface area contributed by atoms with Crippen molar-refractivity contribution in [1.82, 2.24) is 0 Å². The van der Waals surface area contributed by atoms with Crippen LogP contribution in [0.5, 0.6) is 5.75 Å². The summed E-state index contributed by atoms with van der Waals surface area (Å²) in [5.41, 5.74) is 0. The SMILES string of the molecule is CO[P+](=S)Oc1ccccc1. The molecule has 0 bridgehead atoms. The van der Waals surface area contributed by atoms with Crippen molar-refractivity contribution in [3.8, 4) is 5.75 Å². The molecule has 11 heavy (non-hydrogen) atoms. The first-order valence-corrected chi connectivity index (χ1v) is 5.26. The zero-order chi connectivity index (χ0) is 8.10. The predicted molar refractivity (Wildman–Crippen MR) is 48.4 cm³/mol. The summed E-state index contributed by atoms with van der Waals surface area (Å²) in [5, 5.41) is 0. The van der Waals surface area contributed by atoms with Gasteiger partial charge in [0.25, 0.3) is 0 Å². The van der Waals surface area contributed by atoms with E-state index >= 15 is 0 Å². The Balaban J connectivity index is 2.58. The molecule has 0 aliphatic carbocycles. The van der Waals surface area contributed by atoms with Crippen molar-refractivity contribution in [3.63, 3.8) is 0 Å². The Morgan fingerprint density at radius 3 is 2.45 bits per heavy atom. The molecule has 0 aromatic heterocycles. The third-order valence-electron chi connectivity index (χ3n) is 1.07. The Hall–Kier alpha value is -0.500. The lowest BCUT2D eigenvalue weighted by Crippen LogP contribution is -1.80. The second-order valence-electron chi connectivity index (χ2n) is 1.81. The van der Waals surface area contributed by atoms with E-state index in [1.807, 2.05) is 30.3 Å². The van der Waals surface area contributed by atoms with Gasteiger partial charge in [-0.25, -0.2) is 0 Å². The van der Waals surface area contributed by atoms with Gasteiger partial charge < -0.3 is 0 Å². The normalized spacial score (nSPS) is 10.8. The first-order chi connectivity index (χ1) is 5.33. The van der Waals surface area contributed by atoms with Crippen LogP contribution >= 0.6 is 7.15 Å². The summed E-state index contributed by atoms with van der Waals surface area (Å²) in [6.07, 6.45) is 0. The summed E-state index contributed by atoms with van der Waals surface area (Å²) in [5.74, 6) is 0.760. The van der Waals surface area contributed by atoms with E-state index in [9.17, 15) is 0 Å². The van der Waals surface area contributed by atoms with Gasteiger partial charge >= 0.3 is 7.15 Å². The van der Waals surface area contributed by atoms with Crippen molar-refractivity contribution in [2.45, 2.75) is 0 Å². The molecule has 0 aliphatic rings. The fourth-order valence-corrected chi connectivity index (χ4v) is 1.23. The van der Waals surface area contributed by atoms with Crippen LogP contribution in [0.15, 0.2) is 30.3 Å². The summed E-state index contributed by atoms with van der Waals surface area (Å²) in [4.78, 5) is 0. The summed E-state index contributed by atoms with van der Waals surface area (Å²) < 4.78 is 10.0. The highest BCUT2D eigenvalue weighted by atomic mass is 32.4. The lowest BCUT2D eigenvalue weighted by Gasteiger charge is -1.90. The molecule has 1 unspecified atom stereocenters. The van der Waals surface area contributed by atoms with Crippen LogP contribution in [0, 0.1) is 0 Å². The topological polar surface area (TPSA) is 18.5 Å². The third-order valence-corrected chi connectivity index (χ3v) is 2.40. The van der Waals surface area contributed by atoms with E-state index in [0.717, 1.165) is 5.75 Å². The summed E-state index contributed by atoms with van der Waals surface area (Å²) >= 11 is 4.84. The van der Waals surface area contributed by atoms with Gasteiger partial charge in [0, 0.05) is 0 Å². The molecule has 0 saturated carbocycles. The predicted octanol–water partition coefficient (Wildman–Crippen LogP) is 2.49. The largest absolute Gasteiger partial charge is 0.573 e. The van der Waals surface area contributed by atoms with E-state index in [2.05, 4.69) is 0 Å². The van der Waals surface area contributed by atoms with Gasteiger partial charge in [0.1, 0.15) is 0 Å². The Labute approximate surface area is 71.7 Å². The number of para-hydroxylation sites is 1. The van der Waals surface area contributed by atoms with Gasteiger partial charge in [0.05, 0.1) is 7.11 Å². The van der Waals surface area contributed by atoms with Gasteiger partial charge in [-0.2, -0.15) is 0 Å². The minimum Gasteiger partial charge on any atom is -0.250 e. The number of rotatable bonds is 3. The summed E-state index contributed by atoms with van der Waals surface area (Å²) in [6, 6.07) is 9.40. The van der Waals surface area contributed by atoms with Crippen molar-refractivity contribution in [2.75, 3.05) is 7.11 Å². The molecular weight excluding hydrogens is 179 g/mol. The van der Waals surface area contributed by atoms with Crippen LogP contribution in [0.2, 0.25) is 0 Å². The fourth-order valence-electron chi connectivity index (χ4n) is 0.605. The summed E-state index contributed by atoms with van der Waals surface area (Å²) in [7, 11) is 0.372. The van der Waals surface area contributed by atoms with Gasteiger partial charge in [-0.05, 0) is 12.1 Å². The van der Waals surface area contributed by atoms with Crippen LogP contribution in [-0.2, 0) is 16.3 Å². The third kappa shape index (κ3) is 2.93. The van der Waals surface area contributed by atoms with E-state index in [1.54, 1.807) is 7.11 Å². The molecule has 0 saturated heterocycles. The monoisotopic (exact) mass is 187 g/mol. The van der Waals surface area contributed by atoms with Crippen LogP contribution in [0.3, 0.4) is 0 Å². The van der Waals surface area contributed by atoms with Crippen molar-refractivity contribution < 1.29 is 9.05 Å². The molecule has 0 amide bonds. The van der Waals surface area contributed by atoms with Crippen LogP contribution < -0.4 is 4.52 Å². The Kier molecular flexibility index (Phi) is 3.43. The Bertz CT molecular complexity index is 237. The minimum absolute atomic E-state index is 0.760. The quantitative estimate of drug-likeness (QED) is 0.677. The molecule has 0 heterocycles. The maximum absolute atomic E-state index is 5.22. The molecule has 1 aromatic rings.